The maximum absolute atomic E-state index is 13.9. The molecule has 2 atom stereocenters. The van der Waals surface area contributed by atoms with Crippen LogP contribution in [0.1, 0.15) is 35.3 Å². The van der Waals surface area contributed by atoms with Crippen molar-refractivity contribution in [1.29, 1.82) is 0 Å². The highest BCUT2D eigenvalue weighted by Crippen LogP contribution is 2.40. The van der Waals surface area contributed by atoms with Gasteiger partial charge in [-0.05, 0) is 25.1 Å². The molecule has 1 heterocycles. The summed E-state index contributed by atoms with van der Waals surface area (Å²) >= 11 is 0. The fourth-order valence-corrected chi connectivity index (χ4v) is 2.58. The van der Waals surface area contributed by atoms with Crippen LogP contribution in [0.4, 0.5) is 8.78 Å². The molecule has 2 aromatic rings. The van der Waals surface area contributed by atoms with Gasteiger partial charge in [-0.25, -0.2) is 8.78 Å². The molecule has 0 amide bonds. The predicted molar refractivity (Wildman–Crippen MR) is 72.5 cm³/mol. The maximum Gasteiger partial charge on any atom is 0.130 e. The van der Waals surface area contributed by atoms with Crippen LogP contribution >= 0.6 is 0 Å². The summed E-state index contributed by atoms with van der Waals surface area (Å²) < 4.78 is 33.0. The molecular formula is C16H15F2NO. The Morgan fingerprint density at radius 2 is 1.90 bits per heavy atom. The Bertz CT molecular complexity index is 657. The number of halogens is 2. The molecule has 2 N–H and O–H groups in total. The fourth-order valence-electron chi connectivity index (χ4n) is 2.58. The molecule has 0 bridgehead atoms. The van der Waals surface area contributed by atoms with E-state index in [-0.39, 0.29) is 17.7 Å². The SMILES string of the molecule is Cc1ccc(F)c(C2C[C@@H](N)c3ccc(F)cc3O2)c1. The molecule has 0 radical (unpaired) electrons. The van der Waals surface area contributed by atoms with Crippen LogP contribution < -0.4 is 10.5 Å². The molecule has 104 valence electrons. The Morgan fingerprint density at radius 1 is 1.10 bits per heavy atom. The van der Waals surface area contributed by atoms with Gasteiger partial charge in [0.1, 0.15) is 23.5 Å². The largest absolute Gasteiger partial charge is 0.485 e. The van der Waals surface area contributed by atoms with Crippen LogP contribution in [0.3, 0.4) is 0 Å². The van der Waals surface area contributed by atoms with Gasteiger partial charge in [-0.2, -0.15) is 0 Å². The van der Waals surface area contributed by atoms with Crippen molar-refractivity contribution in [3.63, 3.8) is 0 Å². The summed E-state index contributed by atoms with van der Waals surface area (Å²) in [5.41, 5.74) is 8.26. The van der Waals surface area contributed by atoms with E-state index in [4.69, 9.17) is 10.5 Å². The van der Waals surface area contributed by atoms with Crippen LogP contribution in [0.25, 0.3) is 0 Å². The standard InChI is InChI=1S/C16H15F2NO/c1-9-2-5-13(18)12(6-9)16-8-14(19)11-4-3-10(17)7-15(11)20-16/h2-7,14,16H,8,19H2,1H3/t14-,16?/m1/s1. The van der Waals surface area contributed by atoms with Crippen molar-refractivity contribution in [2.24, 2.45) is 5.73 Å². The second-order valence-electron chi connectivity index (χ2n) is 5.16. The highest BCUT2D eigenvalue weighted by atomic mass is 19.1. The molecule has 0 saturated heterocycles. The van der Waals surface area contributed by atoms with E-state index in [0.717, 1.165) is 11.1 Å². The lowest BCUT2D eigenvalue weighted by Crippen LogP contribution is -2.24. The van der Waals surface area contributed by atoms with Gasteiger partial charge < -0.3 is 10.5 Å². The quantitative estimate of drug-likeness (QED) is 0.859. The molecule has 3 rings (SSSR count). The second-order valence-corrected chi connectivity index (χ2v) is 5.16. The van der Waals surface area contributed by atoms with Gasteiger partial charge >= 0.3 is 0 Å². The van der Waals surface area contributed by atoms with Crippen molar-refractivity contribution < 1.29 is 13.5 Å². The first-order valence-corrected chi connectivity index (χ1v) is 6.52. The minimum atomic E-state index is -0.487. The molecule has 1 unspecified atom stereocenters. The van der Waals surface area contributed by atoms with Gasteiger partial charge in [0.15, 0.2) is 0 Å². The normalized spacial score (nSPS) is 21.2. The zero-order chi connectivity index (χ0) is 14.3. The average Bonchev–Trinajstić information content (AvgIpc) is 2.41. The molecule has 0 fully saturated rings. The third kappa shape index (κ3) is 2.27. The van der Waals surface area contributed by atoms with Crippen LogP contribution in [0.5, 0.6) is 5.75 Å². The lowest BCUT2D eigenvalue weighted by atomic mass is 9.93. The van der Waals surface area contributed by atoms with Crippen molar-refractivity contribution in [1.82, 2.24) is 0 Å². The Balaban J connectivity index is 2.00. The number of rotatable bonds is 1. The second kappa shape index (κ2) is 4.87. The smallest absolute Gasteiger partial charge is 0.130 e. The topological polar surface area (TPSA) is 35.2 Å². The van der Waals surface area contributed by atoms with Gasteiger partial charge in [0, 0.05) is 29.7 Å². The molecular weight excluding hydrogens is 260 g/mol. The Hall–Kier alpha value is -1.94. The van der Waals surface area contributed by atoms with Crippen molar-refractivity contribution in [2.75, 3.05) is 0 Å². The lowest BCUT2D eigenvalue weighted by Gasteiger charge is -2.30. The van der Waals surface area contributed by atoms with E-state index < -0.39 is 6.10 Å². The van der Waals surface area contributed by atoms with Gasteiger partial charge in [-0.3, -0.25) is 0 Å². The summed E-state index contributed by atoms with van der Waals surface area (Å²) in [5.74, 6) is -0.316. The highest BCUT2D eigenvalue weighted by molar-refractivity contribution is 5.40. The zero-order valence-electron chi connectivity index (χ0n) is 11.1. The van der Waals surface area contributed by atoms with E-state index in [9.17, 15) is 8.78 Å². The van der Waals surface area contributed by atoms with Gasteiger partial charge in [0.2, 0.25) is 0 Å². The first-order valence-electron chi connectivity index (χ1n) is 6.52. The number of fused-ring (bicyclic) bond motifs is 1. The summed E-state index contributed by atoms with van der Waals surface area (Å²) in [6, 6.07) is 8.86. The van der Waals surface area contributed by atoms with Crippen LogP contribution in [-0.2, 0) is 0 Å². The number of nitrogens with two attached hydrogens (primary N) is 1. The molecule has 2 nitrogen and oxygen atoms in total. The molecule has 0 aliphatic carbocycles. The van der Waals surface area contributed by atoms with E-state index in [1.807, 2.05) is 6.92 Å². The van der Waals surface area contributed by atoms with E-state index in [2.05, 4.69) is 0 Å². The third-order valence-electron chi connectivity index (χ3n) is 3.61. The number of ether oxygens (including phenoxy) is 1. The molecule has 1 aliphatic rings. The lowest BCUT2D eigenvalue weighted by molar-refractivity contribution is 0.156. The zero-order valence-corrected chi connectivity index (χ0v) is 11.1. The number of benzene rings is 2. The van der Waals surface area contributed by atoms with E-state index in [1.165, 1.54) is 18.2 Å². The first kappa shape index (κ1) is 13.1. The van der Waals surface area contributed by atoms with E-state index in [1.54, 1.807) is 18.2 Å². The molecule has 4 heteroatoms. The van der Waals surface area contributed by atoms with Crippen LogP contribution in [-0.4, -0.2) is 0 Å². The van der Waals surface area contributed by atoms with Crippen molar-refractivity contribution in [2.45, 2.75) is 25.5 Å². The summed E-state index contributed by atoms with van der Waals surface area (Å²) in [6.45, 7) is 1.89. The molecule has 20 heavy (non-hydrogen) atoms. The predicted octanol–water partition coefficient (Wildman–Crippen LogP) is 3.80. The van der Waals surface area contributed by atoms with Crippen molar-refractivity contribution in [3.05, 3.63) is 64.7 Å². The van der Waals surface area contributed by atoms with Gasteiger partial charge in [-0.1, -0.05) is 17.7 Å². The summed E-state index contributed by atoms with van der Waals surface area (Å²) in [4.78, 5) is 0. The maximum atomic E-state index is 13.9. The highest BCUT2D eigenvalue weighted by Gasteiger charge is 2.29. The van der Waals surface area contributed by atoms with Crippen LogP contribution in [0, 0.1) is 18.6 Å². The number of aryl methyl sites for hydroxylation is 1. The van der Waals surface area contributed by atoms with E-state index in [0.29, 0.717) is 17.7 Å². The minimum Gasteiger partial charge on any atom is -0.485 e. The van der Waals surface area contributed by atoms with Crippen LogP contribution in [0.2, 0.25) is 0 Å². The Kier molecular flexibility index (Phi) is 3.18. The molecule has 0 aromatic heterocycles. The number of hydrogen-bond acceptors (Lipinski definition) is 2. The van der Waals surface area contributed by atoms with Crippen molar-refractivity contribution >= 4 is 0 Å². The van der Waals surface area contributed by atoms with Gasteiger partial charge in [0.25, 0.3) is 0 Å². The molecule has 0 saturated carbocycles. The first-order chi connectivity index (χ1) is 9.54. The molecule has 1 aliphatic heterocycles. The summed E-state index contributed by atoms with van der Waals surface area (Å²) in [5, 5.41) is 0. The molecule has 0 spiro atoms. The van der Waals surface area contributed by atoms with Crippen LogP contribution in [0.15, 0.2) is 36.4 Å². The Morgan fingerprint density at radius 3 is 2.70 bits per heavy atom. The fraction of sp³-hybridized carbons (Fsp3) is 0.250. The third-order valence-corrected chi connectivity index (χ3v) is 3.61. The summed E-state index contributed by atoms with van der Waals surface area (Å²) in [7, 11) is 0. The monoisotopic (exact) mass is 275 g/mol. The van der Waals surface area contributed by atoms with E-state index >= 15 is 0 Å². The summed E-state index contributed by atoms with van der Waals surface area (Å²) in [6.07, 6.45) is -0.0156. The van der Waals surface area contributed by atoms with Gasteiger partial charge in [0.05, 0.1) is 0 Å². The average molecular weight is 275 g/mol. The number of hydrogen-bond donors (Lipinski definition) is 1. The minimum absolute atomic E-state index is 0.288. The van der Waals surface area contributed by atoms with Crippen molar-refractivity contribution in [3.8, 4) is 5.75 Å². The molecule has 2 aromatic carbocycles. The van der Waals surface area contributed by atoms with Gasteiger partial charge in [-0.15, -0.1) is 0 Å². The Labute approximate surface area is 116 Å².